The van der Waals surface area contributed by atoms with Gasteiger partial charge >= 0.3 is 23.9 Å². The van der Waals surface area contributed by atoms with E-state index in [1.165, 1.54) is 36.4 Å². The number of H-pyrrole nitrogens is 1. The van der Waals surface area contributed by atoms with E-state index in [1.54, 1.807) is 56.2 Å². The highest BCUT2D eigenvalue weighted by Gasteiger charge is 2.65. The Kier molecular flexibility index (Phi) is 14.8. The SMILES string of the molecule is CC(C)(C)OC(=O)NCC1CCC(C(=O)N[C@@H](Cc2ccc(-c3ccc(C(=O)N[C@@H]4CCCNC4=O)c(F)c3)cc2)C(=O)Nc2ccc(-c3n[nH]c(C(F)(F)C(F)(F)C(=O)O)n3)cc2)CC1. The standard InChI is InChI=1S/C45H49F5N8O8/c1-43(2,3)66-42(65)52-23-25-8-12-28(13-9-25)36(59)55-34(39(62)53-30-17-14-27(15-18-30)35-56-40(58-57-35)44(47,48)45(49,50)41(63)64)21-24-6-10-26(11-7-24)29-16-19-31(32(46)22-29)37(60)54-33-5-4-20-51-38(33)61/h6-7,10-11,14-19,22,25,28,33-34H,4-5,8-9,12-13,20-21,23H2,1-3H3,(H,51,61)(H,52,65)(H,53,62)(H,54,60)(H,55,59)(H,63,64)(H,56,57,58)/t25?,28?,33-,34+/m1/s1. The number of carboxylic acids is 1. The molecule has 0 spiro atoms. The van der Waals surface area contributed by atoms with Gasteiger partial charge in [0.05, 0.1) is 5.56 Å². The van der Waals surface area contributed by atoms with Gasteiger partial charge in [0.25, 0.3) is 5.91 Å². The van der Waals surface area contributed by atoms with E-state index in [-0.39, 0.29) is 41.0 Å². The fourth-order valence-electron chi connectivity index (χ4n) is 7.51. The topological polar surface area (TPSA) is 234 Å². The Morgan fingerprint density at radius 1 is 0.879 bits per heavy atom. The quantitative estimate of drug-likeness (QED) is 0.0678. The summed E-state index contributed by atoms with van der Waals surface area (Å²) in [6.45, 7) is 6.16. The summed E-state index contributed by atoms with van der Waals surface area (Å²) in [6.07, 6.45) is 2.84. The number of halogens is 5. The van der Waals surface area contributed by atoms with Gasteiger partial charge in [0.2, 0.25) is 23.5 Å². The van der Waals surface area contributed by atoms with Gasteiger partial charge in [-0.15, -0.1) is 0 Å². The summed E-state index contributed by atoms with van der Waals surface area (Å²) in [5.74, 6) is -19.0. The largest absolute Gasteiger partial charge is 0.477 e. The predicted molar refractivity (Wildman–Crippen MR) is 228 cm³/mol. The van der Waals surface area contributed by atoms with Gasteiger partial charge in [-0.2, -0.15) is 22.7 Å². The van der Waals surface area contributed by atoms with Gasteiger partial charge in [0.15, 0.2) is 5.82 Å². The second-order valence-corrected chi connectivity index (χ2v) is 17.2. The zero-order chi connectivity index (χ0) is 48.0. The third kappa shape index (κ3) is 11.8. The van der Waals surface area contributed by atoms with Gasteiger partial charge in [-0.3, -0.25) is 24.3 Å². The number of ether oxygens (including phenoxy) is 1. The molecule has 0 unspecified atom stereocenters. The average molecular weight is 925 g/mol. The van der Waals surface area contributed by atoms with E-state index >= 15 is 4.39 Å². The number of hydrogen-bond donors (Lipinski definition) is 7. The van der Waals surface area contributed by atoms with Crippen LogP contribution in [-0.4, -0.2) is 92.7 Å². The summed E-state index contributed by atoms with van der Waals surface area (Å²) in [5, 5.41) is 27.4. The minimum atomic E-state index is -5.48. The lowest BCUT2D eigenvalue weighted by Gasteiger charge is -2.29. The lowest BCUT2D eigenvalue weighted by Crippen LogP contribution is -2.50. The lowest BCUT2D eigenvalue weighted by molar-refractivity contribution is -0.231. The van der Waals surface area contributed by atoms with Gasteiger partial charge in [-0.05, 0) is 118 Å². The van der Waals surface area contributed by atoms with E-state index < -0.39 is 76.8 Å². The molecule has 2 atom stereocenters. The normalized spacial score (nSPS) is 18.3. The maximum atomic E-state index is 15.2. The molecule has 66 heavy (non-hydrogen) atoms. The summed E-state index contributed by atoms with van der Waals surface area (Å²) in [5.41, 5.74) is 1.00. The molecule has 0 radical (unpaired) electrons. The Morgan fingerprint density at radius 2 is 1.53 bits per heavy atom. The number of benzene rings is 3. The number of aromatic amines is 1. The number of piperidine rings is 1. The van der Waals surface area contributed by atoms with Crippen LogP contribution < -0.4 is 26.6 Å². The number of carbonyl (C=O) groups excluding carboxylic acids is 5. The first kappa shape index (κ1) is 48.5. The molecule has 3 aromatic carbocycles. The van der Waals surface area contributed by atoms with Crippen LogP contribution in [0.2, 0.25) is 0 Å². The molecule has 21 heteroatoms. The monoisotopic (exact) mass is 924 g/mol. The fraction of sp³-hybridized carbons (Fsp3) is 0.422. The Morgan fingerprint density at radius 3 is 2.15 bits per heavy atom. The van der Waals surface area contributed by atoms with E-state index in [1.807, 2.05) is 0 Å². The third-order valence-corrected chi connectivity index (χ3v) is 11.2. The van der Waals surface area contributed by atoms with Crippen LogP contribution in [0.25, 0.3) is 22.5 Å². The number of anilines is 1. The van der Waals surface area contributed by atoms with E-state index in [9.17, 15) is 46.3 Å². The van der Waals surface area contributed by atoms with Crippen molar-refractivity contribution in [3.63, 3.8) is 0 Å². The van der Waals surface area contributed by atoms with Crippen molar-refractivity contribution in [3.05, 3.63) is 89.5 Å². The van der Waals surface area contributed by atoms with Crippen LogP contribution >= 0.6 is 0 Å². The van der Waals surface area contributed by atoms with Crippen molar-refractivity contribution >= 4 is 41.4 Å². The summed E-state index contributed by atoms with van der Waals surface area (Å²) in [6, 6.07) is 14.3. The predicted octanol–water partition coefficient (Wildman–Crippen LogP) is 6.10. The second kappa shape index (κ2) is 20.1. The van der Waals surface area contributed by atoms with Crippen molar-refractivity contribution in [1.29, 1.82) is 0 Å². The number of amides is 5. The number of alkyl carbamates (subject to hydrolysis) is 1. The van der Waals surface area contributed by atoms with Crippen molar-refractivity contribution in [1.82, 2.24) is 36.4 Å². The molecule has 2 heterocycles. The maximum Gasteiger partial charge on any atom is 0.411 e. The molecule has 7 N–H and O–H groups in total. The van der Waals surface area contributed by atoms with Crippen LogP contribution in [0, 0.1) is 17.7 Å². The number of nitrogens with one attached hydrogen (secondary N) is 6. The molecule has 1 aromatic heterocycles. The van der Waals surface area contributed by atoms with Crippen molar-refractivity contribution in [2.45, 2.75) is 95.2 Å². The number of rotatable bonds is 15. The Labute approximate surface area is 375 Å². The van der Waals surface area contributed by atoms with E-state index in [0.717, 1.165) is 0 Å². The molecule has 5 amide bonds. The molecule has 6 rings (SSSR count). The zero-order valence-corrected chi connectivity index (χ0v) is 36.1. The molecule has 1 aliphatic carbocycles. The van der Waals surface area contributed by atoms with Gasteiger partial charge in [-0.25, -0.2) is 19.0 Å². The first-order valence-electron chi connectivity index (χ1n) is 21.2. The van der Waals surface area contributed by atoms with Crippen LogP contribution in [0.4, 0.5) is 32.4 Å². The van der Waals surface area contributed by atoms with Crippen LogP contribution in [0.15, 0.2) is 66.7 Å². The summed E-state index contributed by atoms with van der Waals surface area (Å²) in [7, 11) is 0. The molecule has 16 nitrogen and oxygen atoms in total. The number of aliphatic carboxylic acids is 1. The third-order valence-electron chi connectivity index (χ3n) is 11.2. The molecular weight excluding hydrogens is 876 g/mol. The van der Waals surface area contributed by atoms with E-state index in [4.69, 9.17) is 9.84 Å². The molecule has 4 aromatic rings. The van der Waals surface area contributed by atoms with Crippen molar-refractivity contribution < 1.29 is 60.6 Å². The van der Waals surface area contributed by atoms with Crippen LogP contribution in [0.5, 0.6) is 0 Å². The molecule has 1 saturated heterocycles. The molecule has 1 saturated carbocycles. The molecule has 0 bridgehead atoms. The van der Waals surface area contributed by atoms with Gasteiger partial charge < -0.3 is 36.4 Å². The first-order chi connectivity index (χ1) is 31.1. The summed E-state index contributed by atoms with van der Waals surface area (Å²) >= 11 is 0. The molecule has 352 valence electrons. The molecular formula is C45H49F5N8O8. The minimum Gasteiger partial charge on any atom is -0.477 e. The smallest absolute Gasteiger partial charge is 0.411 e. The number of hydrogen-bond acceptors (Lipinski definition) is 9. The van der Waals surface area contributed by atoms with E-state index in [0.29, 0.717) is 68.3 Å². The number of alkyl halides is 4. The van der Waals surface area contributed by atoms with Crippen molar-refractivity contribution in [2.24, 2.45) is 11.8 Å². The van der Waals surface area contributed by atoms with Crippen molar-refractivity contribution in [2.75, 3.05) is 18.4 Å². The van der Waals surface area contributed by atoms with Crippen LogP contribution in [-0.2, 0) is 36.3 Å². The minimum absolute atomic E-state index is 0.00244. The van der Waals surface area contributed by atoms with Gasteiger partial charge in [0.1, 0.15) is 23.5 Å². The van der Waals surface area contributed by atoms with Crippen molar-refractivity contribution in [3.8, 4) is 22.5 Å². The maximum absolute atomic E-state index is 15.2. The van der Waals surface area contributed by atoms with Crippen LogP contribution in [0.1, 0.15) is 81.0 Å². The summed E-state index contributed by atoms with van der Waals surface area (Å²) in [4.78, 5) is 78.8. The highest BCUT2D eigenvalue weighted by Crippen LogP contribution is 2.42. The molecule has 2 aliphatic rings. The molecule has 2 fully saturated rings. The lowest BCUT2D eigenvalue weighted by atomic mass is 9.81. The molecule has 1 aliphatic heterocycles. The van der Waals surface area contributed by atoms with Gasteiger partial charge in [-0.1, -0.05) is 30.3 Å². The van der Waals surface area contributed by atoms with Gasteiger partial charge in [0, 0.05) is 36.7 Å². The highest BCUT2D eigenvalue weighted by atomic mass is 19.3. The Hall–Kier alpha value is -6.93. The average Bonchev–Trinajstić information content (AvgIpc) is 3.78. The number of carboxylic acid groups (broad SMARTS) is 1. The van der Waals surface area contributed by atoms with Crippen LogP contribution in [0.3, 0.4) is 0 Å². The second-order valence-electron chi connectivity index (χ2n) is 17.2. The Balaban J connectivity index is 1.14. The fourth-order valence-corrected chi connectivity index (χ4v) is 7.51. The number of carbonyl (C=O) groups is 6. The van der Waals surface area contributed by atoms with E-state index in [2.05, 4.69) is 36.7 Å². The zero-order valence-electron chi connectivity index (χ0n) is 36.1. The Bertz CT molecular complexity index is 2430. The highest BCUT2D eigenvalue weighted by molar-refractivity contribution is 5.99. The number of nitrogens with zero attached hydrogens (tertiary/aromatic N) is 2. The number of aromatic nitrogens is 3. The first-order valence-corrected chi connectivity index (χ1v) is 21.2. The summed E-state index contributed by atoms with van der Waals surface area (Å²) < 4.78 is 76.7.